The van der Waals surface area contributed by atoms with Crippen molar-refractivity contribution in [3.8, 4) is 0 Å². The Hall–Kier alpha value is -2.66. The predicted octanol–water partition coefficient (Wildman–Crippen LogP) is 2.87. The molecule has 2 aromatic carbocycles. The van der Waals surface area contributed by atoms with Crippen LogP contribution in [0.2, 0.25) is 0 Å². The molecule has 1 saturated carbocycles. The van der Waals surface area contributed by atoms with Crippen LogP contribution in [0, 0.1) is 0 Å². The zero-order valence-corrected chi connectivity index (χ0v) is 15.2. The zero-order chi connectivity index (χ0) is 18.1. The molecule has 1 fully saturated rings. The lowest BCUT2D eigenvalue weighted by Gasteiger charge is -2.21. The first-order chi connectivity index (χ1) is 12.6. The smallest absolute Gasteiger partial charge is 0.235 e. The van der Waals surface area contributed by atoms with E-state index >= 15 is 0 Å². The highest BCUT2D eigenvalue weighted by molar-refractivity contribution is 5.80. The monoisotopic (exact) mass is 348 g/mol. The summed E-state index contributed by atoms with van der Waals surface area (Å²) < 4.78 is 2.07. The molecule has 1 aliphatic rings. The number of para-hydroxylation sites is 2. The lowest BCUT2D eigenvalue weighted by Crippen LogP contribution is -2.39. The minimum absolute atomic E-state index is 0.0281. The molecule has 0 bridgehead atoms. The first kappa shape index (κ1) is 16.8. The van der Waals surface area contributed by atoms with Gasteiger partial charge in [0.15, 0.2) is 0 Å². The van der Waals surface area contributed by atoms with Crippen molar-refractivity contribution in [2.75, 3.05) is 13.6 Å². The largest absolute Gasteiger partial charge is 0.341 e. The van der Waals surface area contributed by atoms with Crippen molar-refractivity contribution in [1.29, 1.82) is 0 Å². The fourth-order valence-electron chi connectivity index (χ4n) is 3.44. The van der Waals surface area contributed by atoms with Crippen LogP contribution in [0.3, 0.4) is 0 Å². The number of imidazole rings is 1. The SMILES string of the molecule is CN(CC(=O)NC(c1ccccc1)c1nc2ccccc2n1C)C1CC1. The summed E-state index contributed by atoms with van der Waals surface area (Å²) in [6, 6.07) is 18.4. The molecule has 0 radical (unpaired) electrons. The number of hydrogen-bond donors (Lipinski definition) is 1. The van der Waals surface area contributed by atoms with Gasteiger partial charge in [0.05, 0.1) is 17.6 Å². The standard InChI is InChI=1S/C21H24N4O/c1-24(16-12-13-16)14-19(26)23-20(15-8-4-3-5-9-15)21-22-17-10-6-7-11-18(17)25(21)2/h3-11,16,20H,12-14H2,1-2H3,(H,23,26). The quantitative estimate of drug-likeness (QED) is 0.745. The summed E-state index contributed by atoms with van der Waals surface area (Å²) in [5.74, 6) is 0.875. The topological polar surface area (TPSA) is 50.2 Å². The molecule has 0 spiro atoms. The van der Waals surface area contributed by atoms with E-state index in [1.54, 1.807) is 0 Å². The maximum atomic E-state index is 12.7. The molecular weight excluding hydrogens is 324 g/mol. The van der Waals surface area contributed by atoms with E-state index < -0.39 is 0 Å². The van der Waals surface area contributed by atoms with Crippen molar-refractivity contribution in [2.45, 2.75) is 24.9 Å². The number of benzene rings is 2. The van der Waals surface area contributed by atoms with Crippen LogP contribution in [-0.4, -0.2) is 40.0 Å². The first-order valence-electron chi connectivity index (χ1n) is 9.09. The van der Waals surface area contributed by atoms with Gasteiger partial charge in [-0.2, -0.15) is 0 Å². The van der Waals surface area contributed by atoms with E-state index in [9.17, 15) is 4.79 Å². The van der Waals surface area contributed by atoms with E-state index in [0.717, 1.165) is 22.4 Å². The van der Waals surface area contributed by atoms with Gasteiger partial charge < -0.3 is 9.88 Å². The normalized spacial score (nSPS) is 15.3. The van der Waals surface area contributed by atoms with E-state index in [2.05, 4.69) is 20.9 Å². The number of nitrogens with one attached hydrogen (secondary N) is 1. The number of aromatic nitrogens is 2. The summed E-state index contributed by atoms with van der Waals surface area (Å²) in [6.07, 6.45) is 2.38. The molecule has 1 atom stereocenters. The van der Waals surface area contributed by atoms with Gasteiger partial charge in [-0.1, -0.05) is 42.5 Å². The van der Waals surface area contributed by atoms with Gasteiger partial charge in [-0.3, -0.25) is 9.69 Å². The number of likely N-dealkylation sites (N-methyl/N-ethyl adjacent to an activating group) is 1. The van der Waals surface area contributed by atoms with Gasteiger partial charge in [-0.05, 0) is 37.6 Å². The third-order valence-electron chi connectivity index (χ3n) is 5.08. The Balaban J connectivity index is 1.66. The maximum Gasteiger partial charge on any atom is 0.235 e. The fraction of sp³-hybridized carbons (Fsp3) is 0.333. The third kappa shape index (κ3) is 3.35. The van der Waals surface area contributed by atoms with Crippen molar-refractivity contribution < 1.29 is 4.79 Å². The molecule has 1 aromatic heterocycles. The Kier molecular flexibility index (Phi) is 4.47. The minimum Gasteiger partial charge on any atom is -0.341 e. The first-order valence-corrected chi connectivity index (χ1v) is 9.09. The van der Waals surface area contributed by atoms with Gasteiger partial charge >= 0.3 is 0 Å². The van der Waals surface area contributed by atoms with E-state index in [1.165, 1.54) is 12.8 Å². The van der Waals surface area contributed by atoms with Crippen LogP contribution in [0.5, 0.6) is 0 Å². The van der Waals surface area contributed by atoms with Crippen molar-refractivity contribution >= 4 is 16.9 Å². The molecule has 0 saturated heterocycles. The van der Waals surface area contributed by atoms with Gasteiger partial charge in [0.1, 0.15) is 11.9 Å². The summed E-state index contributed by atoms with van der Waals surface area (Å²) in [5.41, 5.74) is 3.04. The van der Waals surface area contributed by atoms with Crippen molar-refractivity contribution in [3.05, 3.63) is 66.0 Å². The van der Waals surface area contributed by atoms with Gasteiger partial charge in [0.2, 0.25) is 5.91 Å². The fourth-order valence-corrected chi connectivity index (χ4v) is 3.44. The summed E-state index contributed by atoms with van der Waals surface area (Å²) in [5, 5.41) is 3.20. The molecule has 5 heteroatoms. The number of carbonyl (C=O) groups is 1. The van der Waals surface area contributed by atoms with Crippen LogP contribution >= 0.6 is 0 Å². The molecule has 1 unspecified atom stereocenters. The Morgan fingerprint density at radius 2 is 1.88 bits per heavy atom. The summed E-state index contributed by atoms with van der Waals surface area (Å²) in [4.78, 5) is 19.6. The van der Waals surface area contributed by atoms with Gasteiger partial charge in [-0.25, -0.2) is 4.98 Å². The van der Waals surface area contributed by atoms with Crippen LogP contribution in [0.25, 0.3) is 11.0 Å². The van der Waals surface area contributed by atoms with Crippen LogP contribution < -0.4 is 5.32 Å². The third-order valence-corrected chi connectivity index (χ3v) is 5.08. The Morgan fingerprint density at radius 3 is 2.58 bits per heavy atom. The Labute approximate surface area is 153 Å². The molecule has 134 valence electrons. The van der Waals surface area contributed by atoms with Gasteiger partial charge in [-0.15, -0.1) is 0 Å². The number of amides is 1. The van der Waals surface area contributed by atoms with Gasteiger partial charge in [0.25, 0.3) is 0 Å². The van der Waals surface area contributed by atoms with Gasteiger partial charge in [0, 0.05) is 13.1 Å². The molecule has 4 rings (SSSR count). The molecule has 1 heterocycles. The number of rotatable bonds is 6. The summed E-state index contributed by atoms with van der Waals surface area (Å²) in [6.45, 7) is 0.415. The molecule has 26 heavy (non-hydrogen) atoms. The highest BCUT2D eigenvalue weighted by atomic mass is 16.2. The van der Waals surface area contributed by atoms with Crippen molar-refractivity contribution in [3.63, 3.8) is 0 Å². The lowest BCUT2D eigenvalue weighted by molar-refractivity contribution is -0.122. The number of hydrogen-bond acceptors (Lipinski definition) is 3. The van der Waals surface area contributed by atoms with E-state index in [-0.39, 0.29) is 11.9 Å². The summed E-state index contributed by atoms with van der Waals surface area (Å²) in [7, 11) is 4.02. The highest BCUT2D eigenvalue weighted by Crippen LogP contribution is 2.26. The number of carbonyl (C=O) groups excluding carboxylic acids is 1. The Bertz CT molecular complexity index is 914. The van der Waals surface area contributed by atoms with Crippen molar-refractivity contribution in [2.24, 2.45) is 7.05 Å². The van der Waals surface area contributed by atoms with E-state index in [1.807, 2.05) is 62.6 Å². The molecule has 3 aromatic rings. The number of aryl methyl sites for hydroxylation is 1. The van der Waals surface area contributed by atoms with Crippen LogP contribution in [0.4, 0.5) is 0 Å². The molecule has 5 nitrogen and oxygen atoms in total. The predicted molar refractivity (Wildman–Crippen MR) is 103 cm³/mol. The molecule has 1 N–H and O–H groups in total. The highest BCUT2D eigenvalue weighted by Gasteiger charge is 2.29. The molecular formula is C21H24N4O. The Morgan fingerprint density at radius 1 is 1.19 bits per heavy atom. The molecule has 0 aliphatic heterocycles. The second-order valence-corrected chi connectivity index (χ2v) is 7.08. The average molecular weight is 348 g/mol. The minimum atomic E-state index is -0.270. The second-order valence-electron chi connectivity index (χ2n) is 7.08. The molecule has 1 amide bonds. The van der Waals surface area contributed by atoms with E-state index in [0.29, 0.717) is 12.6 Å². The average Bonchev–Trinajstić information content (AvgIpc) is 3.46. The number of fused-ring (bicyclic) bond motifs is 1. The van der Waals surface area contributed by atoms with Crippen molar-refractivity contribution in [1.82, 2.24) is 19.8 Å². The number of nitrogens with zero attached hydrogens (tertiary/aromatic N) is 3. The second kappa shape index (κ2) is 6.92. The van der Waals surface area contributed by atoms with E-state index in [4.69, 9.17) is 4.98 Å². The maximum absolute atomic E-state index is 12.7. The van der Waals surface area contributed by atoms with Crippen LogP contribution in [0.1, 0.15) is 30.3 Å². The summed E-state index contributed by atoms with van der Waals surface area (Å²) >= 11 is 0. The van der Waals surface area contributed by atoms with Crippen LogP contribution in [-0.2, 0) is 11.8 Å². The van der Waals surface area contributed by atoms with Crippen LogP contribution in [0.15, 0.2) is 54.6 Å². The lowest BCUT2D eigenvalue weighted by atomic mass is 10.1. The molecule has 1 aliphatic carbocycles. The zero-order valence-electron chi connectivity index (χ0n) is 15.2.